The van der Waals surface area contributed by atoms with Crippen LogP contribution in [0, 0.1) is 5.92 Å². The second-order valence-corrected chi connectivity index (χ2v) is 4.05. The molecule has 0 aromatic rings. The van der Waals surface area contributed by atoms with Crippen LogP contribution in [-0.2, 0) is 10.1 Å². The number of rotatable bonds is 5. The van der Waals surface area contributed by atoms with Gasteiger partial charge < -0.3 is 0 Å². The Morgan fingerprint density at radius 3 is 2.33 bits per heavy atom. The van der Waals surface area contributed by atoms with Gasteiger partial charge in [0, 0.05) is 0 Å². The fraction of sp³-hybridized carbons (Fsp3) is 0.714. The van der Waals surface area contributed by atoms with E-state index in [0.29, 0.717) is 6.42 Å². The Balaban J connectivity index is 0. The zero-order valence-electron chi connectivity index (χ0n) is 6.66. The molecule has 12 heavy (non-hydrogen) atoms. The molecule has 5 heteroatoms. The molecule has 0 rings (SSSR count). The Bertz CT molecular complexity index is 211. The molecule has 0 aromatic carbocycles. The van der Waals surface area contributed by atoms with Crippen molar-refractivity contribution in [1.29, 1.82) is 0 Å². The first-order valence-electron chi connectivity index (χ1n) is 3.57. The van der Waals surface area contributed by atoms with Crippen molar-refractivity contribution in [2.45, 2.75) is 19.8 Å². The summed E-state index contributed by atoms with van der Waals surface area (Å²) in [6.07, 6.45) is 3.03. The van der Waals surface area contributed by atoms with Gasteiger partial charge in [-0.15, -0.1) is 6.58 Å². The molecule has 0 bridgehead atoms. The van der Waals surface area contributed by atoms with Gasteiger partial charge in [-0.1, -0.05) is 13.0 Å². The number of hydrogen-bond donors (Lipinski definition) is 1. The molecule has 0 fully saturated rings. The first-order valence-corrected chi connectivity index (χ1v) is 5.18. The van der Waals surface area contributed by atoms with Crippen LogP contribution in [0.25, 0.3) is 0 Å². The quantitative estimate of drug-likeness (QED) is 0.408. The topological polar surface area (TPSA) is 54.4 Å². The van der Waals surface area contributed by atoms with E-state index in [4.69, 9.17) is 4.55 Å². The molecule has 1 unspecified atom stereocenters. The summed E-state index contributed by atoms with van der Waals surface area (Å²) < 4.78 is 29.0. The summed E-state index contributed by atoms with van der Waals surface area (Å²) in [6.45, 7) is 5.51. The van der Waals surface area contributed by atoms with Crippen molar-refractivity contribution in [3.05, 3.63) is 12.7 Å². The van der Waals surface area contributed by atoms with E-state index in [1.54, 1.807) is 6.08 Å². The third-order valence-corrected chi connectivity index (χ3v) is 2.36. The van der Waals surface area contributed by atoms with Gasteiger partial charge in [0.05, 0.1) is 5.75 Å². The molecule has 0 amide bonds. The molecule has 0 spiro atoms. The van der Waals surface area contributed by atoms with Crippen molar-refractivity contribution >= 4 is 39.7 Å². The zero-order chi connectivity index (χ0) is 8.91. The average molecular weight is 202 g/mol. The summed E-state index contributed by atoms with van der Waals surface area (Å²) in [5, 5.41) is 0. The van der Waals surface area contributed by atoms with Crippen LogP contribution < -0.4 is 0 Å². The zero-order valence-corrected chi connectivity index (χ0v) is 7.47. The molecule has 0 aliphatic heterocycles. The van der Waals surface area contributed by atoms with Gasteiger partial charge in [-0.25, -0.2) is 0 Å². The maximum absolute atomic E-state index is 10.3. The monoisotopic (exact) mass is 202 g/mol. The molecule has 0 saturated carbocycles. The summed E-state index contributed by atoms with van der Waals surface area (Å²) in [7, 11) is -3.79. The molecular formula is C7H15NaO3S. The van der Waals surface area contributed by atoms with Crippen LogP contribution >= 0.6 is 0 Å². The Hall–Kier alpha value is 0.650. The molecule has 0 saturated heterocycles. The minimum absolute atomic E-state index is 0. The van der Waals surface area contributed by atoms with Crippen LogP contribution in [0.3, 0.4) is 0 Å². The third-order valence-electron chi connectivity index (χ3n) is 1.60. The predicted octanol–water partition coefficient (Wildman–Crippen LogP) is 0.828. The van der Waals surface area contributed by atoms with Crippen LogP contribution in [0.2, 0.25) is 0 Å². The average Bonchev–Trinajstić information content (AvgIpc) is 1.88. The second-order valence-electron chi connectivity index (χ2n) is 2.48. The Labute approximate surface area is 96.3 Å². The van der Waals surface area contributed by atoms with Gasteiger partial charge in [0.1, 0.15) is 0 Å². The fourth-order valence-corrected chi connectivity index (χ4v) is 1.39. The summed E-state index contributed by atoms with van der Waals surface area (Å²) in [5.74, 6) is 0.0225. The predicted molar refractivity (Wildman–Crippen MR) is 52.2 cm³/mol. The van der Waals surface area contributed by atoms with Crippen molar-refractivity contribution in [1.82, 2.24) is 0 Å². The molecule has 0 radical (unpaired) electrons. The van der Waals surface area contributed by atoms with E-state index in [9.17, 15) is 8.42 Å². The van der Waals surface area contributed by atoms with E-state index in [1.807, 2.05) is 6.92 Å². The molecule has 0 aliphatic rings. The summed E-state index contributed by atoms with van der Waals surface area (Å²) >= 11 is 0. The molecule has 1 atom stereocenters. The van der Waals surface area contributed by atoms with E-state index in [2.05, 4.69) is 6.58 Å². The number of hydrogen-bond acceptors (Lipinski definition) is 2. The minimum atomic E-state index is -3.79. The van der Waals surface area contributed by atoms with E-state index in [0.717, 1.165) is 6.42 Å². The SMILES string of the molecule is C=CC(CC)CCS(=O)(=O)O.[NaH]. The van der Waals surface area contributed by atoms with E-state index in [-0.39, 0.29) is 41.2 Å². The molecule has 3 nitrogen and oxygen atoms in total. The van der Waals surface area contributed by atoms with Crippen LogP contribution in [-0.4, -0.2) is 48.3 Å². The summed E-state index contributed by atoms with van der Waals surface area (Å²) in [6, 6.07) is 0. The molecule has 0 aliphatic carbocycles. The van der Waals surface area contributed by atoms with Gasteiger partial charge in [0.2, 0.25) is 0 Å². The fourth-order valence-electron chi connectivity index (χ4n) is 0.789. The van der Waals surface area contributed by atoms with Crippen molar-refractivity contribution in [2.75, 3.05) is 5.75 Å². The van der Waals surface area contributed by atoms with Crippen molar-refractivity contribution < 1.29 is 13.0 Å². The van der Waals surface area contributed by atoms with Crippen molar-refractivity contribution in [3.63, 3.8) is 0 Å². The van der Waals surface area contributed by atoms with Crippen LogP contribution in [0.1, 0.15) is 19.8 Å². The molecule has 0 heterocycles. The maximum atomic E-state index is 10.3. The van der Waals surface area contributed by atoms with Crippen LogP contribution in [0.15, 0.2) is 12.7 Å². The normalized spacial score (nSPS) is 13.2. The molecule has 68 valence electrons. The van der Waals surface area contributed by atoms with Crippen molar-refractivity contribution in [2.24, 2.45) is 5.92 Å². The van der Waals surface area contributed by atoms with Gasteiger partial charge >= 0.3 is 29.6 Å². The van der Waals surface area contributed by atoms with Crippen LogP contribution in [0.5, 0.6) is 0 Å². The van der Waals surface area contributed by atoms with Gasteiger partial charge in [-0.3, -0.25) is 4.55 Å². The van der Waals surface area contributed by atoms with E-state index < -0.39 is 10.1 Å². The van der Waals surface area contributed by atoms with Gasteiger partial charge in [-0.2, -0.15) is 8.42 Å². The third kappa shape index (κ3) is 8.74. The Kier molecular flexibility index (Phi) is 8.95. The number of allylic oxidation sites excluding steroid dienone is 1. The summed E-state index contributed by atoms with van der Waals surface area (Å²) in [4.78, 5) is 0. The van der Waals surface area contributed by atoms with Crippen molar-refractivity contribution in [3.8, 4) is 0 Å². The second kappa shape index (κ2) is 7.09. The van der Waals surface area contributed by atoms with Gasteiger partial charge in [0.15, 0.2) is 0 Å². The van der Waals surface area contributed by atoms with Crippen LogP contribution in [0.4, 0.5) is 0 Å². The summed E-state index contributed by atoms with van der Waals surface area (Å²) in [5.41, 5.74) is 0. The Morgan fingerprint density at radius 1 is 1.58 bits per heavy atom. The molecular weight excluding hydrogens is 187 g/mol. The molecule has 1 N–H and O–H groups in total. The standard InChI is InChI=1S/C7H14O3S.Na.H/c1-3-7(4-2)5-6-11(8,9)10;;/h3,7H,1,4-6H2,2H3,(H,8,9,10);;. The Morgan fingerprint density at radius 2 is 2.08 bits per heavy atom. The first-order chi connectivity index (χ1) is 4.99. The van der Waals surface area contributed by atoms with Gasteiger partial charge in [-0.05, 0) is 18.8 Å². The van der Waals surface area contributed by atoms with E-state index in [1.165, 1.54) is 0 Å². The first kappa shape index (κ1) is 15.1. The molecule has 0 aromatic heterocycles. The van der Waals surface area contributed by atoms with Gasteiger partial charge in [0.25, 0.3) is 10.1 Å². The van der Waals surface area contributed by atoms with E-state index >= 15 is 0 Å².